The van der Waals surface area contributed by atoms with Crippen LogP contribution in [0.2, 0.25) is 0 Å². The largest absolute Gasteiger partial charge is 0.461 e. The van der Waals surface area contributed by atoms with Crippen molar-refractivity contribution < 1.29 is 13.6 Å². The Morgan fingerprint density at radius 2 is 2.03 bits per heavy atom. The fraction of sp³-hybridized carbons (Fsp3) is 0.143. The monoisotopic (exact) mass is 451 g/mol. The van der Waals surface area contributed by atoms with Crippen LogP contribution in [0, 0.1) is 31.0 Å². The van der Waals surface area contributed by atoms with Gasteiger partial charge in [0.2, 0.25) is 16.9 Å². The van der Waals surface area contributed by atoms with Gasteiger partial charge in [-0.2, -0.15) is 5.26 Å². The summed E-state index contributed by atoms with van der Waals surface area (Å²) in [6.45, 7) is 3.63. The van der Waals surface area contributed by atoms with Crippen LogP contribution >= 0.6 is 11.8 Å². The Kier molecular flexibility index (Phi) is 5.70. The minimum atomic E-state index is -0.377. The van der Waals surface area contributed by atoms with E-state index in [1.807, 2.05) is 6.92 Å². The molecule has 3 heterocycles. The van der Waals surface area contributed by atoms with Crippen molar-refractivity contribution in [3.8, 4) is 23.3 Å². The Morgan fingerprint density at radius 1 is 1.28 bits per heavy atom. The molecule has 1 amide bonds. The van der Waals surface area contributed by atoms with E-state index in [1.165, 1.54) is 23.1 Å². The maximum atomic E-state index is 13.4. The minimum absolute atomic E-state index is 0.0228. The van der Waals surface area contributed by atoms with Crippen molar-refractivity contribution in [2.24, 2.45) is 0 Å². The van der Waals surface area contributed by atoms with Crippen LogP contribution in [0.4, 0.5) is 10.2 Å². The highest BCUT2D eigenvalue weighted by Crippen LogP contribution is 2.30. The number of furan rings is 1. The molecule has 0 saturated heterocycles. The zero-order chi connectivity index (χ0) is 22.8. The highest BCUT2D eigenvalue weighted by atomic mass is 32.2. The topological polar surface area (TPSA) is 128 Å². The van der Waals surface area contributed by atoms with Crippen molar-refractivity contribution >= 4 is 23.5 Å². The Balaban J connectivity index is 1.56. The van der Waals surface area contributed by atoms with Crippen molar-refractivity contribution in [2.75, 3.05) is 16.9 Å². The predicted molar refractivity (Wildman–Crippen MR) is 117 cm³/mol. The summed E-state index contributed by atoms with van der Waals surface area (Å²) in [7, 11) is 0. The summed E-state index contributed by atoms with van der Waals surface area (Å²) in [6, 6.07) is 11.4. The lowest BCUT2D eigenvalue weighted by molar-refractivity contribution is -0.113. The second-order valence-corrected chi connectivity index (χ2v) is 7.79. The van der Waals surface area contributed by atoms with Crippen LogP contribution in [0.3, 0.4) is 0 Å². The van der Waals surface area contributed by atoms with Gasteiger partial charge in [0.15, 0.2) is 5.76 Å². The number of nitrogens with zero attached hydrogens (tertiary/aromatic N) is 5. The summed E-state index contributed by atoms with van der Waals surface area (Å²) in [6.07, 6.45) is 1.50. The Morgan fingerprint density at radius 3 is 2.69 bits per heavy atom. The first-order valence-corrected chi connectivity index (χ1v) is 10.4. The van der Waals surface area contributed by atoms with Crippen molar-refractivity contribution in [2.45, 2.75) is 19.0 Å². The van der Waals surface area contributed by atoms with Gasteiger partial charge in [-0.3, -0.25) is 9.36 Å². The maximum absolute atomic E-state index is 13.4. The zero-order valence-corrected chi connectivity index (χ0v) is 18.0. The molecule has 0 fully saturated rings. The highest BCUT2D eigenvalue weighted by Gasteiger charge is 2.22. The van der Waals surface area contributed by atoms with Crippen LogP contribution in [0.1, 0.15) is 16.8 Å². The highest BCUT2D eigenvalue weighted by molar-refractivity contribution is 7.99. The van der Waals surface area contributed by atoms with E-state index >= 15 is 0 Å². The lowest BCUT2D eigenvalue weighted by Crippen LogP contribution is -2.19. The van der Waals surface area contributed by atoms with E-state index in [9.17, 15) is 14.4 Å². The number of carbonyl (C=O) groups is 1. The van der Waals surface area contributed by atoms with Crippen molar-refractivity contribution in [3.05, 3.63) is 65.3 Å². The first-order chi connectivity index (χ1) is 15.4. The van der Waals surface area contributed by atoms with E-state index in [1.54, 1.807) is 35.8 Å². The van der Waals surface area contributed by atoms with E-state index in [0.717, 1.165) is 23.0 Å². The fourth-order valence-corrected chi connectivity index (χ4v) is 3.88. The molecule has 0 atom stereocenters. The second-order valence-electron chi connectivity index (χ2n) is 6.85. The van der Waals surface area contributed by atoms with Gasteiger partial charge >= 0.3 is 0 Å². The molecule has 0 radical (unpaired) electrons. The number of halogens is 1. The predicted octanol–water partition coefficient (Wildman–Crippen LogP) is 3.40. The van der Waals surface area contributed by atoms with Crippen LogP contribution in [0.5, 0.6) is 0 Å². The quantitative estimate of drug-likeness (QED) is 0.340. The average molecular weight is 451 g/mol. The third-order valence-corrected chi connectivity index (χ3v) is 5.85. The number of nitrogen functional groups attached to an aromatic ring is 1. The number of aromatic nitrogens is 4. The lowest BCUT2D eigenvalue weighted by atomic mass is 10.2. The average Bonchev–Trinajstić information content (AvgIpc) is 3.48. The number of hydrogen-bond acceptors (Lipinski definition) is 7. The van der Waals surface area contributed by atoms with Gasteiger partial charge in [0.25, 0.3) is 0 Å². The van der Waals surface area contributed by atoms with Gasteiger partial charge in [0, 0.05) is 11.4 Å². The van der Waals surface area contributed by atoms with Crippen molar-refractivity contribution in [3.63, 3.8) is 0 Å². The third kappa shape index (κ3) is 3.83. The number of rotatable bonds is 6. The molecule has 0 aliphatic heterocycles. The molecule has 32 heavy (non-hydrogen) atoms. The molecule has 1 aromatic carbocycles. The molecule has 0 aliphatic carbocycles. The Bertz CT molecular complexity index is 1320. The number of nitrogens with one attached hydrogen (secondary N) is 1. The first kappa shape index (κ1) is 21.2. The van der Waals surface area contributed by atoms with Crippen LogP contribution in [-0.4, -0.2) is 31.1 Å². The number of amides is 1. The van der Waals surface area contributed by atoms with Crippen LogP contribution < -0.4 is 11.2 Å². The van der Waals surface area contributed by atoms with Crippen molar-refractivity contribution in [1.82, 2.24) is 19.4 Å². The SMILES string of the molecule is Cc1c(C#N)c(NC(=O)CSc2nnc(-c3ccco3)n2N)n(-c2ccc(F)cc2)c1C. The number of anilines is 1. The van der Waals surface area contributed by atoms with Gasteiger partial charge in [-0.05, 0) is 55.8 Å². The van der Waals surface area contributed by atoms with Crippen molar-refractivity contribution in [1.29, 1.82) is 5.26 Å². The molecule has 0 unspecified atom stereocenters. The Hall–Kier alpha value is -4.04. The molecule has 4 rings (SSSR count). The van der Waals surface area contributed by atoms with Crippen LogP contribution in [0.15, 0.2) is 52.2 Å². The van der Waals surface area contributed by atoms with Gasteiger partial charge in [-0.15, -0.1) is 10.2 Å². The van der Waals surface area contributed by atoms with E-state index in [4.69, 9.17) is 10.3 Å². The standard InChI is InChI=1S/C21H18FN7O2S/c1-12-13(2)28(15-7-5-14(22)6-8-15)19(16(12)10-23)25-18(30)11-32-21-27-26-20(29(21)24)17-4-3-9-31-17/h3-9H,11,24H2,1-2H3,(H,25,30). The van der Waals surface area contributed by atoms with E-state index in [2.05, 4.69) is 21.6 Å². The number of nitriles is 1. The molecule has 162 valence electrons. The van der Waals surface area contributed by atoms with Gasteiger partial charge in [0.05, 0.1) is 17.6 Å². The number of benzene rings is 1. The van der Waals surface area contributed by atoms with Gasteiger partial charge in [0.1, 0.15) is 17.7 Å². The summed E-state index contributed by atoms with van der Waals surface area (Å²) in [5.74, 6) is 6.37. The normalized spacial score (nSPS) is 10.8. The van der Waals surface area contributed by atoms with E-state index < -0.39 is 0 Å². The second kappa shape index (κ2) is 8.60. The smallest absolute Gasteiger partial charge is 0.236 e. The first-order valence-electron chi connectivity index (χ1n) is 9.45. The molecule has 4 aromatic rings. The van der Waals surface area contributed by atoms with E-state index in [-0.39, 0.29) is 17.5 Å². The molecule has 3 aromatic heterocycles. The Labute approximate surface area is 186 Å². The molecule has 3 N–H and O–H groups in total. The van der Waals surface area contributed by atoms with Gasteiger partial charge < -0.3 is 15.6 Å². The molecule has 0 bridgehead atoms. The number of carbonyl (C=O) groups excluding carboxylic acids is 1. The molecule has 0 saturated carbocycles. The molecule has 9 nitrogen and oxygen atoms in total. The summed E-state index contributed by atoms with van der Waals surface area (Å²) in [4.78, 5) is 12.7. The number of thioether (sulfide) groups is 1. The summed E-state index contributed by atoms with van der Waals surface area (Å²) in [5, 5.41) is 20.8. The molecular formula is C21H18FN7O2S. The summed E-state index contributed by atoms with van der Waals surface area (Å²) < 4.78 is 21.6. The number of nitrogens with two attached hydrogens (primary N) is 1. The number of hydrogen-bond donors (Lipinski definition) is 2. The van der Waals surface area contributed by atoms with Crippen LogP contribution in [-0.2, 0) is 4.79 Å². The molecule has 0 aliphatic rings. The molecule has 0 spiro atoms. The maximum Gasteiger partial charge on any atom is 0.236 e. The van der Waals surface area contributed by atoms with E-state index in [0.29, 0.717) is 33.8 Å². The van der Waals surface area contributed by atoms with Crippen LogP contribution in [0.25, 0.3) is 17.3 Å². The van der Waals surface area contributed by atoms with Gasteiger partial charge in [-0.25, -0.2) is 9.07 Å². The summed E-state index contributed by atoms with van der Waals surface area (Å²) in [5.41, 5.74) is 2.46. The minimum Gasteiger partial charge on any atom is -0.461 e. The van der Waals surface area contributed by atoms with Gasteiger partial charge in [-0.1, -0.05) is 11.8 Å². The molecular weight excluding hydrogens is 433 g/mol. The third-order valence-electron chi connectivity index (χ3n) is 4.91. The lowest BCUT2D eigenvalue weighted by Gasteiger charge is -2.13. The zero-order valence-electron chi connectivity index (χ0n) is 17.2. The summed E-state index contributed by atoms with van der Waals surface area (Å²) >= 11 is 1.09. The fourth-order valence-electron chi connectivity index (χ4n) is 3.22. The molecule has 11 heteroatoms.